The first-order chi connectivity index (χ1) is 11.8. The third kappa shape index (κ3) is 6.81. The molecule has 0 saturated carbocycles. The lowest BCUT2D eigenvalue weighted by Gasteiger charge is -2.29. The number of halogens is 1. The van der Waals surface area contributed by atoms with Gasteiger partial charge in [-0.3, -0.25) is 0 Å². The molecule has 0 unspecified atom stereocenters. The Kier molecular flexibility index (Phi) is 6.87. The molecular weight excluding hydrogens is 358 g/mol. The SMILES string of the molecule is CC(C)(C)OC(=O)N(C(=O)OC(C)(C)C)c1ccc(NCC#N)cc1Cl. The highest BCUT2D eigenvalue weighted by Gasteiger charge is 2.33. The Morgan fingerprint density at radius 1 is 1.12 bits per heavy atom. The van der Waals surface area contributed by atoms with Crippen LogP contribution in [0.2, 0.25) is 5.02 Å². The summed E-state index contributed by atoms with van der Waals surface area (Å²) in [5.41, 5.74) is -0.915. The predicted molar refractivity (Wildman–Crippen MR) is 101 cm³/mol. The number of imide groups is 1. The number of nitrogens with zero attached hydrogens (tertiary/aromatic N) is 2. The number of benzene rings is 1. The van der Waals surface area contributed by atoms with E-state index in [2.05, 4.69) is 5.32 Å². The largest absolute Gasteiger partial charge is 0.443 e. The molecule has 0 aliphatic rings. The highest BCUT2D eigenvalue weighted by Crippen LogP contribution is 2.31. The average Bonchev–Trinajstić information content (AvgIpc) is 2.43. The highest BCUT2D eigenvalue weighted by atomic mass is 35.5. The fourth-order valence-corrected chi connectivity index (χ4v) is 2.09. The first-order valence-corrected chi connectivity index (χ1v) is 8.38. The first kappa shape index (κ1) is 21.6. The van der Waals surface area contributed by atoms with Gasteiger partial charge in [0.05, 0.1) is 16.8 Å². The third-order valence-corrected chi connectivity index (χ3v) is 3.02. The number of hydrogen-bond acceptors (Lipinski definition) is 6. The number of hydrogen-bond donors (Lipinski definition) is 1. The molecule has 0 radical (unpaired) electrons. The Morgan fingerprint density at radius 2 is 1.62 bits per heavy atom. The number of nitriles is 1. The first-order valence-electron chi connectivity index (χ1n) is 8.00. The lowest BCUT2D eigenvalue weighted by atomic mass is 10.2. The smallest absolute Gasteiger partial charge is 0.424 e. The minimum absolute atomic E-state index is 0.0948. The van der Waals surface area contributed by atoms with Crippen LogP contribution in [-0.4, -0.2) is 29.9 Å². The van der Waals surface area contributed by atoms with E-state index in [9.17, 15) is 9.59 Å². The summed E-state index contributed by atoms with van der Waals surface area (Å²) in [6, 6.07) is 6.54. The molecule has 1 N–H and O–H groups in total. The maximum Gasteiger partial charge on any atom is 0.424 e. The molecule has 0 aliphatic carbocycles. The molecule has 0 aromatic heterocycles. The van der Waals surface area contributed by atoms with Gasteiger partial charge < -0.3 is 14.8 Å². The minimum Gasteiger partial charge on any atom is -0.443 e. The molecule has 0 atom stereocenters. The molecule has 1 aromatic carbocycles. The van der Waals surface area contributed by atoms with E-state index in [1.165, 1.54) is 12.1 Å². The van der Waals surface area contributed by atoms with Crippen molar-refractivity contribution in [1.82, 2.24) is 0 Å². The second kappa shape index (κ2) is 8.28. The van der Waals surface area contributed by atoms with Crippen LogP contribution in [0.1, 0.15) is 41.5 Å². The Hall–Kier alpha value is -2.46. The minimum atomic E-state index is -0.897. The molecule has 0 saturated heterocycles. The van der Waals surface area contributed by atoms with Gasteiger partial charge in [0.25, 0.3) is 0 Å². The van der Waals surface area contributed by atoms with Crippen LogP contribution in [0.15, 0.2) is 18.2 Å². The van der Waals surface area contributed by atoms with Gasteiger partial charge in [0.1, 0.15) is 17.7 Å². The number of anilines is 2. The van der Waals surface area contributed by atoms with Gasteiger partial charge in [0.15, 0.2) is 0 Å². The van der Waals surface area contributed by atoms with Crippen LogP contribution in [0.25, 0.3) is 0 Å². The molecule has 0 bridgehead atoms. The van der Waals surface area contributed by atoms with Gasteiger partial charge in [0.2, 0.25) is 0 Å². The summed E-state index contributed by atoms with van der Waals surface area (Å²) in [5.74, 6) is 0. The van der Waals surface area contributed by atoms with E-state index >= 15 is 0 Å². The molecule has 8 heteroatoms. The summed E-state index contributed by atoms with van der Waals surface area (Å²) < 4.78 is 10.6. The molecule has 7 nitrogen and oxygen atoms in total. The van der Waals surface area contributed by atoms with E-state index in [4.69, 9.17) is 26.3 Å². The number of ether oxygens (including phenoxy) is 2. The summed E-state index contributed by atoms with van der Waals surface area (Å²) in [4.78, 5) is 25.9. The zero-order valence-electron chi connectivity index (χ0n) is 15.8. The molecule has 0 heterocycles. The Labute approximate surface area is 158 Å². The van der Waals surface area contributed by atoms with Gasteiger partial charge >= 0.3 is 12.2 Å². The summed E-state index contributed by atoms with van der Waals surface area (Å²) in [6.07, 6.45) is -1.79. The van der Waals surface area contributed by atoms with Crippen LogP contribution in [0, 0.1) is 11.3 Å². The molecule has 0 fully saturated rings. The molecule has 1 aromatic rings. The molecule has 142 valence electrons. The number of rotatable bonds is 3. The van der Waals surface area contributed by atoms with Crippen molar-refractivity contribution in [2.75, 3.05) is 16.8 Å². The van der Waals surface area contributed by atoms with Crippen LogP contribution in [0.4, 0.5) is 21.0 Å². The van der Waals surface area contributed by atoms with Crippen LogP contribution >= 0.6 is 11.6 Å². The highest BCUT2D eigenvalue weighted by molar-refractivity contribution is 6.35. The van der Waals surface area contributed by atoms with Gasteiger partial charge in [0, 0.05) is 5.69 Å². The van der Waals surface area contributed by atoms with Gasteiger partial charge in [-0.15, -0.1) is 0 Å². The molecule has 1 rings (SSSR count). The van der Waals surface area contributed by atoms with E-state index in [0.29, 0.717) is 5.69 Å². The fourth-order valence-electron chi connectivity index (χ4n) is 1.83. The number of amides is 2. The van der Waals surface area contributed by atoms with Gasteiger partial charge in [-0.25, -0.2) is 9.59 Å². The molecule has 0 spiro atoms. The normalized spacial score (nSPS) is 11.3. The lowest BCUT2D eigenvalue weighted by Crippen LogP contribution is -2.44. The van der Waals surface area contributed by atoms with Crippen molar-refractivity contribution >= 4 is 35.2 Å². The van der Waals surface area contributed by atoms with Gasteiger partial charge in [-0.2, -0.15) is 10.2 Å². The van der Waals surface area contributed by atoms with Crippen LogP contribution in [0.3, 0.4) is 0 Å². The zero-order valence-corrected chi connectivity index (χ0v) is 16.6. The van der Waals surface area contributed by atoms with Crippen molar-refractivity contribution in [3.8, 4) is 6.07 Å². The molecule has 26 heavy (non-hydrogen) atoms. The second-order valence-electron chi connectivity index (χ2n) is 7.47. The molecular formula is C18H24ClN3O4. The van der Waals surface area contributed by atoms with Gasteiger partial charge in [-0.1, -0.05) is 11.6 Å². The van der Waals surface area contributed by atoms with Crippen molar-refractivity contribution in [3.63, 3.8) is 0 Å². The molecule has 0 aliphatic heterocycles. The van der Waals surface area contributed by atoms with Crippen LogP contribution in [0.5, 0.6) is 0 Å². The summed E-state index contributed by atoms with van der Waals surface area (Å²) in [5, 5.41) is 11.6. The number of nitrogens with one attached hydrogen (secondary N) is 1. The quantitative estimate of drug-likeness (QED) is 0.744. The maximum atomic E-state index is 12.6. The Balaban J connectivity index is 3.25. The maximum absolute atomic E-state index is 12.6. The topological polar surface area (TPSA) is 91.7 Å². The van der Waals surface area contributed by atoms with E-state index in [1.54, 1.807) is 47.6 Å². The van der Waals surface area contributed by atoms with Crippen molar-refractivity contribution in [2.24, 2.45) is 0 Å². The van der Waals surface area contributed by atoms with Crippen molar-refractivity contribution in [1.29, 1.82) is 5.26 Å². The van der Waals surface area contributed by atoms with E-state index in [1.807, 2.05) is 6.07 Å². The molecule has 2 amide bonds. The van der Waals surface area contributed by atoms with E-state index in [-0.39, 0.29) is 17.3 Å². The summed E-state index contributed by atoms with van der Waals surface area (Å²) in [7, 11) is 0. The van der Waals surface area contributed by atoms with Crippen molar-refractivity contribution in [2.45, 2.75) is 52.7 Å². The van der Waals surface area contributed by atoms with Crippen molar-refractivity contribution in [3.05, 3.63) is 23.2 Å². The Morgan fingerprint density at radius 3 is 2.00 bits per heavy atom. The van der Waals surface area contributed by atoms with Crippen molar-refractivity contribution < 1.29 is 19.1 Å². The standard InChI is InChI=1S/C18H24ClN3O4/c1-17(2,3)25-15(23)22(16(24)26-18(4,5)6)14-8-7-12(11-13(14)19)21-10-9-20/h7-8,11,21H,10H2,1-6H3. The van der Waals surface area contributed by atoms with Gasteiger partial charge in [-0.05, 0) is 59.7 Å². The van der Waals surface area contributed by atoms with Crippen LogP contribution in [-0.2, 0) is 9.47 Å². The monoisotopic (exact) mass is 381 g/mol. The van der Waals surface area contributed by atoms with E-state index in [0.717, 1.165) is 4.90 Å². The predicted octanol–water partition coefficient (Wildman–Crippen LogP) is 4.95. The second-order valence-corrected chi connectivity index (χ2v) is 7.88. The van der Waals surface area contributed by atoms with E-state index < -0.39 is 23.4 Å². The number of carbonyl (C=O) groups is 2. The van der Waals surface area contributed by atoms with Crippen LogP contribution < -0.4 is 10.2 Å². The lowest BCUT2D eigenvalue weighted by molar-refractivity contribution is 0.0431. The third-order valence-electron chi connectivity index (χ3n) is 2.71. The Bertz CT molecular complexity index is 687. The summed E-state index contributed by atoms with van der Waals surface area (Å²) >= 11 is 6.25. The number of carbonyl (C=O) groups excluding carboxylic acids is 2. The average molecular weight is 382 g/mol. The zero-order chi connectivity index (χ0) is 20.1. The summed E-state index contributed by atoms with van der Waals surface area (Å²) in [6.45, 7) is 10.2. The fraction of sp³-hybridized carbons (Fsp3) is 0.500.